The van der Waals surface area contributed by atoms with Crippen molar-refractivity contribution >= 4 is 0 Å². The monoisotopic (exact) mass is 279 g/mol. The SMILES string of the molecule is CC1CCC2(CC1)COC1CCC(C(C)(C)C)CC1N2. The summed E-state index contributed by atoms with van der Waals surface area (Å²) in [6, 6.07) is 0.607. The fourth-order valence-corrected chi connectivity index (χ4v) is 4.59. The molecule has 2 aliphatic carbocycles. The lowest BCUT2D eigenvalue weighted by Crippen LogP contribution is -2.65. The Morgan fingerprint density at radius 1 is 1.05 bits per heavy atom. The lowest BCUT2D eigenvalue weighted by Gasteiger charge is -2.52. The van der Waals surface area contributed by atoms with Crippen molar-refractivity contribution in [2.75, 3.05) is 6.61 Å². The maximum atomic E-state index is 6.31. The number of hydrogen-bond donors (Lipinski definition) is 1. The number of fused-ring (bicyclic) bond motifs is 1. The summed E-state index contributed by atoms with van der Waals surface area (Å²) in [6.45, 7) is 10.6. The van der Waals surface area contributed by atoms with E-state index in [1.54, 1.807) is 0 Å². The quantitative estimate of drug-likeness (QED) is 0.719. The van der Waals surface area contributed by atoms with Crippen LogP contribution in [-0.2, 0) is 4.74 Å². The van der Waals surface area contributed by atoms with Crippen LogP contribution < -0.4 is 5.32 Å². The molecule has 0 radical (unpaired) electrons. The van der Waals surface area contributed by atoms with Crippen LogP contribution in [0.15, 0.2) is 0 Å². The first-order chi connectivity index (χ1) is 9.38. The predicted octanol–water partition coefficient (Wildman–Crippen LogP) is 4.14. The molecule has 0 amide bonds. The van der Waals surface area contributed by atoms with Gasteiger partial charge in [-0.2, -0.15) is 0 Å². The van der Waals surface area contributed by atoms with Crippen molar-refractivity contribution in [2.24, 2.45) is 17.3 Å². The molecule has 1 aliphatic heterocycles. The Bertz CT molecular complexity index is 338. The fraction of sp³-hybridized carbons (Fsp3) is 1.00. The molecule has 3 aliphatic rings. The highest BCUT2D eigenvalue weighted by molar-refractivity contribution is 5.02. The highest BCUT2D eigenvalue weighted by Gasteiger charge is 2.46. The van der Waals surface area contributed by atoms with Crippen molar-refractivity contribution in [2.45, 2.75) is 90.3 Å². The summed E-state index contributed by atoms with van der Waals surface area (Å²) in [6.07, 6.45) is 9.77. The average molecular weight is 279 g/mol. The highest BCUT2D eigenvalue weighted by Crippen LogP contribution is 2.43. The van der Waals surface area contributed by atoms with Crippen molar-refractivity contribution in [3.63, 3.8) is 0 Å². The Morgan fingerprint density at radius 3 is 2.40 bits per heavy atom. The van der Waals surface area contributed by atoms with Crippen molar-refractivity contribution < 1.29 is 4.74 Å². The smallest absolute Gasteiger partial charge is 0.0729 e. The van der Waals surface area contributed by atoms with Gasteiger partial charge in [0.15, 0.2) is 0 Å². The van der Waals surface area contributed by atoms with Gasteiger partial charge in [-0.3, -0.25) is 0 Å². The van der Waals surface area contributed by atoms with Gasteiger partial charge >= 0.3 is 0 Å². The topological polar surface area (TPSA) is 21.3 Å². The van der Waals surface area contributed by atoms with Crippen molar-refractivity contribution in [3.05, 3.63) is 0 Å². The van der Waals surface area contributed by atoms with Gasteiger partial charge in [0, 0.05) is 11.6 Å². The second-order valence-corrected chi connectivity index (χ2v) is 8.94. The number of ether oxygens (including phenoxy) is 1. The van der Waals surface area contributed by atoms with Gasteiger partial charge in [-0.15, -0.1) is 0 Å². The average Bonchev–Trinajstić information content (AvgIpc) is 2.41. The van der Waals surface area contributed by atoms with Gasteiger partial charge < -0.3 is 10.1 Å². The minimum absolute atomic E-state index is 0.313. The van der Waals surface area contributed by atoms with Crippen LogP contribution in [0, 0.1) is 17.3 Å². The zero-order valence-corrected chi connectivity index (χ0v) is 13.9. The zero-order valence-electron chi connectivity index (χ0n) is 13.9. The van der Waals surface area contributed by atoms with Gasteiger partial charge in [0.25, 0.3) is 0 Å². The van der Waals surface area contributed by atoms with Crippen LogP contribution in [0.5, 0.6) is 0 Å². The Kier molecular flexibility index (Phi) is 3.92. The normalized spacial score (nSPS) is 46.2. The summed E-state index contributed by atoms with van der Waals surface area (Å²) in [4.78, 5) is 0. The van der Waals surface area contributed by atoms with E-state index in [-0.39, 0.29) is 0 Å². The molecule has 116 valence electrons. The molecule has 2 saturated carbocycles. The van der Waals surface area contributed by atoms with E-state index in [1.807, 2.05) is 0 Å². The third-order valence-electron chi connectivity index (χ3n) is 6.31. The van der Waals surface area contributed by atoms with E-state index in [0.717, 1.165) is 18.4 Å². The minimum Gasteiger partial charge on any atom is -0.375 e. The molecule has 3 atom stereocenters. The molecule has 20 heavy (non-hydrogen) atoms. The maximum absolute atomic E-state index is 6.31. The number of hydrogen-bond acceptors (Lipinski definition) is 2. The first kappa shape index (κ1) is 14.8. The first-order valence-electron chi connectivity index (χ1n) is 8.77. The highest BCUT2D eigenvalue weighted by atomic mass is 16.5. The van der Waals surface area contributed by atoms with Crippen molar-refractivity contribution in [1.29, 1.82) is 0 Å². The van der Waals surface area contributed by atoms with Crippen LogP contribution in [-0.4, -0.2) is 24.3 Å². The van der Waals surface area contributed by atoms with Crippen LogP contribution >= 0.6 is 0 Å². The van der Waals surface area contributed by atoms with Gasteiger partial charge in [0.1, 0.15) is 0 Å². The molecule has 1 heterocycles. The summed E-state index contributed by atoms with van der Waals surface area (Å²) in [5.74, 6) is 1.76. The second-order valence-electron chi connectivity index (χ2n) is 8.94. The van der Waals surface area contributed by atoms with E-state index in [1.165, 1.54) is 44.9 Å². The molecule has 2 nitrogen and oxygen atoms in total. The number of morpholine rings is 1. The van der Waals surface area contributed by atoms with E-state index in [4.69, 9.17) is 4.74 Å². The van der Waals surface area contributed by atoms with E-state index in [2.05, 4.69) is 33.0 Å². The van der Waals surface area contributed by atoms with Crippen LogP contribution in [0.2, 0.25) is 0 Å². The lowest BCUT2D eigenvalue weighted by molar-refractivity contribution is -0.104. The molecule has 3 rings (SSSR count). The summed E-state index contributed by atoms with van der Waals surface area (Å²) < 4.78 is 6.31. The summed E-state index contributed by atoms with van der Waals surface area (Å²) in [5.41, 5.74) is 0.756. The van der Waals surface area contributed by atoms with Gasteiger partial charge in [-0.25, -0.2) is 0 Å². The molecule has 0 aromatic rings. The lowest BCUT2D eigenvalue weighted by atomic mass is 9.68. The maximum Gasteiger partial charge on any atom is 0.0729 e. The molecule has 1 N–H and O–H groups in total. The summed E-state index contributed by atoms with van der Waals surface area (Å²) >= 11 is 0. The molecular formula is C18H33NO. The number of nitrogens with one attached hydrogen (secondary N) is 1. The molecule has 1 spiro atoms. The van der Waals surface area contributed by atoms with Crippen LogP contribution in [0.1, 0.15) is 72.6 Å². The summed E-state index contributed by atoms with van der Waals surface area (Å²) in [5, 5.41) is 4.07. The predicted molar refractivity (Wildman–Crippen MR) is 83.8 cm³/mol. The van der Waals surface area contributed by atoms with Crippen molar-refractivity contribution in [3.8, 4) is 0 Å². The van der Waals surface area contributed by atoms with Gasteiger partial charge in [0.2, 0.25) is 0 Å². The standard InChI is InChI=1S/C18H33NO/c1-13-7-9-18(10-8-13)12-20-16-6-5-14(17(2,3)4)11-15(16)19-18/h13-16,19H,5-12H2,1-4H3. The van der Waals surface area contributed by atoms with Crippen LogP contribution in [0.25, 0.3) is 0 Å². The van der Waals surface area contributed by atoms with E-state index in [9.17, 15) is 0 Å². The second kappa shape index (κ2) is 5.28. The van der Waals surface area contributed by atoms with Gasteiger partial charge in [-0.1, -0.05) is 27.7 Å². The van der Waals surface area contributed by atoms with E-state index in [0.29, 0.717) is 23.1 Å². The minimum atomic E-state index is 0.313. The molecule has 0 aromatic heterocycles. The molecule has 0 aromatic carbocycles. The Hall–Kier alpha value is -0.0800. The van der Waals surface area contributed by atoms with E-state index >= 15 is 0 Å². The molecule has 3 unspecified atom stereocenters. The van der Waals surface area contributed by atoms with Crippen LogP contribution in [0.3, 0.4) is 0 Å². The van der Waals surface area contributed by atoms with Gasteiger partial charge in [-0.05, 0) is 62.2 Å². The van der Waals surface area contributed by atoms with Gasteiger partial charge in [0.05, 0.1) is 12.7 Å². The third-order valence-corrected chi connectivity index (χ3v) is 6.31. The molecule has 0 bridgehead atoms. The van der Waals surface area contributed by atoms with E-state index < -0.39 is 0 Å². The summed E-state index contributed by atoms with van der Waals surface area (Å²) in [7, 11) is 0. The molecule has 3 fully saturated rings. The Labute approximate surface area is 125 Å². The Balaban J connectivity index is 1.65. The largest absolute Gasteiger partial charge is 0.375 e. The zero-order chi connectivity index (χ0) is 14.4. The van der Waals surface area contributed by atoms with Crippen LogP contribution in [0.4, 0.5) is 0 Å². The number of rotatable bonds is 0. The molecular weight excluding hydrogens is 246 g/mol. The fourth-order valence-electron chi connectivity index (χ4n) is 4.59. The molecule has 2 heteroatoms. The van der Waals surface area contributed by atoms with Crippen molar-refractivity contribution in [1.82, 2.24) is 5.32 Å². The third kappa shape index (κ3) is 2.92. The first-order valence-corrected chi connectivity index (χ1v) is 8.77. The Morgan fingerprint density at radius 2 is 1.75 bits per heavy atom. The molecule has 1 saturated heterocycles.